The fraction of sp³-hybridized carbons (Fsp3) is 0.263. The Kier molecular flexibility index (Phi) is 13.8. The number of aromatic nitrogens is 2. The van der Waals surface area contributed by atoms with Crippen molar-refractivity contribution in [1.29, 1.82) is 0 Å². The van der Waals surface area contributed by atoms with Crippen LogP contribution in [0.4, 0.5) is 22.7 Å². The van der Waals surface area contributed by atoms with E-state index in [1.807, 2.05) is 6.20 Å². The van der Waals surface area contributed by atoms with Crippen molar-refractivity contribution in [3.63, 3.8) is 0 Å². The maximum absolute atomic E-state index is 5.31. The van der Waals surface area contributed by atoms with E-state index in [4.69, 9.17) is 4.98 Å². The van der Waals surface area contributed by atoms with Gasteiger partial charge in [0.05, 0.1) is 27.8 Å². The molecular weight excluding hydrogens is 1020 g/mol. The van der Waals surface area contributed by atoms with Crippen LogP contribution in [0, 0.1) is 0 Å². The molecule has 0 bridgehead atoms. The molecule has 84 heavy (non-hydrogen) atoms. The Bertz CT molecular complexity index is 4140. The average molecular weight is 1100 g/mol. The Morgan fingerprint density at radius 3 is 1.30 bits per heavy atom. The Balaban J connectivity index is 1.11. The zero-order chi connectivity index (χ0) is 59.1. The van der Waals surface area contributed by atoms with Gasteiger partial charge in [-0.3, -0.25) is 4.57 Å². The predicted molar refractivity (Wildman–Crippen MR) is 358 cm³/mol. The average Bonchev–Trinajstić information content (AvgIpc) is 1.85. The first-order valence-electron chi connectivity index (χ1n) is 30.2. The first kappa shape index (κ1) is 56.0. The molecule has 0 N–H and O–H groups in total. The summed E-state index contributed by atoms with van der Waals surface area (Å²) in [7, 11) is 0. The van der Waals surface area contributed by atoms with Crippen molar-refractivity contribution in [3.8, 4) is 16.9 Å². The normalized spacial score (nSPS) is 13.5. The summed E-state index contributed by atoms with van der Waals surface area (Å²) in [6, 6.07) is 85.1. The SMILES string of the molecule is CC(C)(C)c1ccc(C(C)(C)c2ccnc(-n3c4ccc(-c5ccccc5)cc4c4ccc(C(c5ccccc5)(c5ccccc5)c5cc(N6CN(c7cc(C(C)(C)C)cc(C(C)(C)C)c7)c7ccccc76)cc(C(C)(C)C)c5)cc43)c2)cc1. The van der Waals surface area contributed by atoms with Gasteiger partial charge in [-0.15, -0.1) is 0 Å². The minimum Gasteiger partial charge on any atom is -0.321 e. The molecule has 1 aliphatic rings. The molecule has 2 aromatic heterocycles. The Morgan fingerprint density at radius 2 is 0.774 bits per heavy atom. The van der Waals surface area contributed by atoms with Crippen molar-refractivity contribution < 1.29 is 0 Å². The number of pyridine rings is 1. The van der Waals surface area contributed by atoms with Gasteiger partial charge in [-0.05, 0) is 155 Å². The van der Waals surface area contributed by atoms with Gasteiger partial charge in [0.2, 0.25) is 0 Å². The van der Waals surface area contributed by atoms with Crippen LogP contribution in [0.25, 0.3) is 38.8 Å². The van der Waals surface area contributed by atoms with E-state index < -0.39 is 5.41 Å². The lowest BCUT2D eigenvalue weighted by molar-refractivity contribution is 0.568. The van der Waals surface area contributed by atoms with Gasteiger partial charge in [-0.25, -0.2) is 4.98 Å². The third-order valence-corrected chi connectivity index (χ3v) is 18.1. The fourth-order valence-corrected chi connectivity index (χ4v) is 12.9. The van der Waals surface area contributed by atoms with E-state index >= 15 is 0 Å². The van der Waals surface area contributed by atoms with E-state index in [1.165, 1.54) is 94.6 Å². The Hall–Kier alpha value is -8.47. The molecule has 0 amide bonds. The molecule has 0 atom stereocenters. The van der Waals surface area contributed by atoms with Crippen LogP contribution in [0.3, 0.4) is 0 Å². The number of hydrogen-bond acceptors (Lipinski definition) is 3. The highest BCUT2D eigenvalue weighted by Gasteiger charge is 2.41. The summed E-state index contributed by atoms with van der Waals surface area (Å²) in [5, 5.41) is 2.36. The van der Waals surface area contributed by atoms with Gasteiger partial charge in [-0.2, -0.15) is 0 Å². The van der Waals surface area contributed by atoms with Crippen molar-refractivity contribution in [1.82, 2.24) is 9.55 Å². The molecule has 0 saturated carbocycles. The Morgan fingerprint density at radius 1 is 0.310 bits per heavy atom. The van der Waals surface area contributed by atoms with Gasteiger partial charge in [0.1, 0.15) is 12.5 Å². The molecule has 4 nitrogen and oxygen atoms in total. The van der Waals surface area contributed by atoms with Gasteiger partial charge in [0.15, 0.2) is 0 Å². The highest BCUT2D eigenvalue weighted by Crippen LogP contribution is 2.52. The van der Waals surface area contributed by atoms with Crippen LogP contribution in [0.5, 0.6) is 0 Å². The minimum atomic E-state index is -0.790. The van der Waals surface area contributed by atoms with Crippen LogP contribution in [-0.2, 0) is 32.5 Å². The van der Waals surface area contributed by atoms with Crippen LogP contribution in [0.2, 0.25) is 0 Å². The lowest BCUT2D eigenvalue weighted by Gasteiger charge is -2.39. The largest absolute Gasteiger partial charge is 0.321 e. The van der Waals surface area contributed by atoms with Crippen LogP contribution >= 0.6 is 0 Å². The molecule has 0 unspecified atom stereocenters. The predicted octanol–water partition coefficient (Wildman–Crippen LogP) is 21.0. The van der Waals surface area contributed by atoms with Crippen molar-refractivity contribution in [2.75, 3.05) is 16.5 Å². The number of benzene rings is 9. The summed E-state index contributed by atoms with van der Waals surface area (Å²) >= 11 is 0. The van der Waals surface area contributed by atoms with E-state index in [-0.39, 0.29) is 27.1 Å². The standard InChI is InChI=1S/C80H82N4/c1-75(2,3)56-35-37-57(38-36-56)79(13,14)60-42-43-81-74(52-60)84-70-41-34-55(54-26-18-15-19-27-54)44-69(70)68-40-39-61(51-73(68)84)80(58-28-20-16-21-29-58,59-30-22-17-23-31-59)65-46-64(78(10,11)12)49-67(50-65)83-53-82(71-32-24-25-33-72(71)83)66-47-62(76(4,5)6)45-63(48-66)77(7,8)9/h15-52H,53H2,1-14H3. The van der Waals surface area contributed by atoms with Gasteiger partial charge < -0.3 is 9.80 Å². The van der Waals surface area contributed by atoms with Gasteiger partial charge in [0, 0.05) is 33.8 Å². The number of fused-ring (bicyclic) bond motifs is 4. The van der Waals surface area contributed by atoms with E-state index in [9.17, 15) is 0 Å². The quantitative estimate of drug-likeness (QED) is 0.128. The van der Waals surface area contributed by atoms with E-state index in [0.29, 0.717) is 6.67 Å². The Labute approximate surface area is 500 Å². The summed E-state index contributed by atoms with van der Waals surface area (Å²) < 4.78 is 2.43. The molecule has 0 aliphatic carbocycles. The van der Waals surface area contributed by atoms with Crippen molar-refractivity contribution in [3.05, 3.63) is 286 Å². The monoisotopic (exact) mass is 1100 g/mol. The zero-order valence-corrected chi connectivity index (χ0v) is 51.9. The van der Waals surface area contributed by atoms with Gasteiger partial charge >= 0.3 is 0 Å². The van der Waals surface area contributed by atoms with Crippen molar-refractivity contribution in [2.24, 2.45) is 0 Å². The summed E-state index contributed by atoms with van der Waals surface area (Å²) in [6.45, 7) is 33.2. The third-order valence-electron chi connectivity index (χ3n) is 18.1. The maximum atomic E-state index is 5.31. The lowest BCUT2D eigenvalue weighted by atomic mass is 9.64. The molecule has 1 aliphatic heterocycles. The molecule has 9 aromatic carbocycles. The number of nitrogens with zero attached hydrogens (tertiary/aromatic N) is 4. The molecule has 0 radical (unpaired) electrons. The van der Waals surface area contributed by atoms with Crippen LogP contribution < -0.4 is 9.80 Å². The second-order valence-corrected chi connectivity index (χ2v) is 28.3. The number of anilines is 4. The van der Waals surface area contributed by atoms with Crippen LogP contribution in [-0.4, -0.2) is 16.2 Å². The third kappa shape index (κ3) is 10.0. The summed E-state index contributed by atoms with van der Waals surface area (Å²) in [6.07, 6.45) is 2.01. The minimum absolute atomic E-state index is 0.0254. The molecule has 0 fully saturated rings. The van der Waals surface area contributed by atoms with Crippen LogP contribution in [0.1, 0.15) is 153 Å². The van der Waals surface area contributed by atoms with E-state index in [2.05, 4.69) is 336 Å². The highest BCUT2D eigenvalue weighted by molar-refractivity contribution is 6.11. The molecule has 0 spiro atoms. The summed E-state index contributed by atoms with van der Waals surface area (Å²) in [5.41, 5.74) is 20.6. The topological polar surface area (TPSA) is 24.3 Å². The first-order chi connectivity index (χ1) is 39.9. The van der Waals surface area contributed by atoms with Crippen LogP contribution in [0.15, 0.2) is 231 Å². The lowest BCUT2D eigenvalue weighted by Crippen LogP contribution is -2.32. The second kappa shape index (κ2) is 20.7. The van der Waals surface area contributed by atoms with Gasteiger partial charge in [0.25, 0.3) is 0 Å². The number of para-hydroxylation sites is 2. The second-order valence-electron chi connectivity index (χ2n) is 28.3. The van der Waals surface area contributed by atoms with Gasteiger partial charge in [-0.1, -0.05) is 255 Å². The number of rotatable bonds is 10. The molecule has 422 valence electrons. The molecule has 0 saturated heterocycles. The first-order valence-corrected chi connectivity index (χ1v) is 30.2. The van der Waals surface area contributed by atoms with E-state index in [0.717, 1.165) is 22.5 Å². The molecular formula is C80H82N4. The molecule has 12 rings (SSSR count). The van der Waals surface area contributed by atoms with Crippen molar-refractivity contribution >= 4 is 44.6 Å². The smallest absolute Gasteiger partial charge is 0.137 e. The zero-order valence-electron chi connectivity index (χ0n) is 51.9. The molecule has 11 aromatic rings. The molecule has 3 heterocycles. The fourth-order valence-electron chi connectivity index (χ4n) is 12.9. The van der Waals surface area contributed by atoms with E-state index in [1.54, 1.807) is 0 Å². The summed E-state index contributed by atoms with van der Waals surface area (Å²) in [4.78, 5) is 10.4. The highest BCUT2D eigenvalue weighted by atomic mass is 15.4. The summed E-state index contributed by atoms with van der Waals surface area (Å²) in [5.74, 6) is 0.887. The maximum Gasteiger partial charge on any atom is 0.137 e. The number of hydrogen-bond donors (Lipinski definition) is 0. The molecule has 4 heteroatoms. The van der Waals surface area contributed by atoms with Crippen molar-refractivity contribution in [2.45, 2.75) is 129 Å².